The fraction of sp³-hybridized carbons (Fsp3) is 0.455. The van der Waals surface area contributed by atoms with Crippen molar-refractivity contribution in [3.63, 3.8) is 0 Å². The molecule has 2 aromatic rings. The van der Waals surface area contributed by atoms with E-state index >= 15 is 0 Å². The molecule has 4 nitrogen and oxygen atoms in total. The molecule has 0 unspecified atom stereocenters. The van der Waals surface area contributed by atoms with E-state index in [9.17, 15) is 0 Å². The molecule has 0 N–H and O–H groups in total. The topological polar surface area (TPSA) is 13.0 Å². The van der Waals surface area contributed by atoms with E-state index in [0.717, 1.165) is 37.7 Å². The molecule has 0 aromatic heterocycles. The minimum Gasteiger partial charge on any atom is -0.367 e. The van der Waals surface area contributed by atoms with Crippen LogP contribution in [0.15, 0.2) is 48.5 Å². The largest absolute Gasteiger partial charge is 0.367 e. The molecule has 144 valence electrons. The van der Waals surface area contributed by atoms with Crippen LogP contribution in [0.1, 0.15) is 5.56 Å². The molecule has 27 heavy (non-hydrogen) atoms. The molecule has 2 aromatic carbocycles. The Hall–Kier alpha value is -1.75. The van der Waals surface area contributed by atoms with E-state index in [1.165, 1.54) is 43.1 Å². The van der Waals surface area contributed by atoms with E-state index in [1.807, 2.05) is 12.1 Å². The quantitative estimate of drug-likeness (QED) is 0.783. The van der Waals surface area contributed by atoms with Gasteiger partial charge in [0.1, 0.15) is 0 Å². The number of halogens is 1. The van der Waals surface area contributed by atoms with Gasteiger partial charge in [-0.15, -0.1) is 0 Å². The number of anilines is 2. The van der Waals surface area contributed by atoms with Crippen molar-refractivity contribution in [3.8, 4) is 0 Å². The number of benzene rings is 2. The van der Waals surface area contributed by atoms with Crippen molar-refractivity contribution < 1.29 is 0 Å². The van der Waals surface area contributed by atoms with E-state index in [0.29, 0.717) is 0 Å². The number of hydrogen-bond donors (Lipinski definition) is 0. The van der Waals surface area contributed by atoms with E-state index in [2.05, 4.69) is 63.0 Å². The van der Waals surface area contributed by atoms with Crippen LogP contribution in [0, 0.1) is 0 Å². The smallest absolute Gasteiger partial charge is 0.0607 e. The Labute approximate surface area is 167 Å². The molecule has 0 spiro atoms. The molecule has 0 atom stereocenters. The van der Waals surface area contributed by atoms with Gasteiger partial charge in [-0.3, -0.25) is 4.90 Å². The maximum Gasteiger partial charge on any atom is 0.0607 e. The minimum atomic E-state index is 0.854. The van der Waals surface area contributed by atoms with Gasteiger partial charge in [0.2, 0.25) is 0 Å². The van der Waals surface area contributed by atoms with Crippen LogP contribution in [-0.2, 0) is 6.54 Å². The average Bonchev–Trinajstić information content (AvgIpc) is 2.70. The molecule has 0 radical (unpaired) electrons. The highest BCUT2D eigenvalue weighted by atomic mass is 35.5. The van der Waals surface area contributed by atoms with Crippen LogP contribution in [0.3, 0.4) is 0 Å². The SMILES string of the molecule is CN1CCN(CCN2CCN(Cc3ccccc3Cl)c3ccccc32)CC1. The number of hydrogen-bond acceptors (Lipinski definition) is 4. The van der Waals surface area contributed by atoms with Crippen LogP contribution in [-0.4, -0.2) is 69.2 Å². The van der Waals surface area contributed by atoms with Gasteiger partial charge < -0.3 is 14.7 Å². The molecule has 0 aliphatic carbocycles. The number of fused-ring (bicyclic) bond motifs is 1. The molecular formula is C22H29ClN4. The molecule has 2 heterocycles. The van der Waals surface area contributed by atoms with Crippen molar-refractivity contribution in [1.82, 2.24) is 9.80 Å². The van der Waals surface area contributed by atoms with Crippen molar-refractivity contribution in [3.05, 3.63) is 59.1 Å². The molecule has 5 heteroatoms. The Morgan fingerprint density at radius 3 is 2.11 bits per heavy atom. The lowest BCUT2D eigenvalue weighted by Crippen LogP contribution is -2.48. The van der Waals surface area contributed by atoms with Crippen molar-refractivity contribution in [1.29, 1.82) is 0 Å². The van der Waals surface area contributed by atoms with Crippen LogP contribution < -0.4 is 9.80 Å². The minimum absolute atomic E-state index is 0.854. The Balaban J connectivity index is 1.44. The summed E-state index contributed by atoms with van der Waals surface area (Å²) in [4.78, 5) is 10.0. The number of rotatable bonds is 5. The molecule has 1 saturated heterocycles. The Kier molecular flexibility index (Phi) is 5.86. The van der Waals surface area contributed by atoms with E-state index in [4.69, 9.17) is 11.6 Å². The van der Waals surface area contributed by atoms with Gasteiger partial charge in [-0.1, -0.05) is 41.9 Å². The van der Waals surface area contributed by atoms with Crippen LogP contribution in [0.2, 0.25) is 5.02 Å². The summed E-state index contributed by atoms with van der Waals surface area (Å²) in [5.41, 5.74) is 3.87. The third-order valence-electron chi connectivity index (χ3n) is 5.80. The van der Waals surface area contributed by atoms with Crippen LogP contribution in [0.5, 0.6) is 0 Å². The van der Waals surface area contributed by atoms with Gasteiger partial charge in [0.25, 0.3) is 0 Å². The van der Waals surface area contributed by atoms with Gasteiger partial charge in [-0.2, -0.15) is 0 Å². The summed E-state index contributed by atoms with van der Waals surface area (Å²) in [6, 6.07) is 17.0. The standard InChI is InChI=1S/C22H29ClN4/c1-24-10-12-25(13-11-24)14-15-26-16-17-27(22-9-5-4-8-21(22)26)18-19-6-2-3-7-20(19)23/h2-9H,10-18H2,1H3. The second-order valence-corrected chi connectivity index (χ2v) is 8.04. The summed E-state index contributed by atoms with van der Waals surface area (Å²) in [5, 5.41) is 0.854. The van der Waals surface area contributed by atoms with Crippen molar-refractivity contribution in [2.75, 3.05) is 69.2 Å². The van der Waals surface area contributed by atoms with Gasteiger partial charge in [-0.25, -0.2) is 0 Å². The summed E-state index contributed by atoms with van der Waals surface area (Å²) in [7, 11) is 2.21. The predicted molar refractivity (Wildman–Crippen MR) is 115 cm³/mol. The number of likely N-dealkylation sites (N-methyl/N-ethyl adjacent to an activating group) is 1. The second kappa shape index (κ2) is 8.51. The van der Waals surface area contributed by atoms with Gasteiger partial charge in [-0.05, 0) is 30.8 Å². The molecule has 2 aliphatic heterocycles. The number of piperazine rings is 1. The first-order valence-corrected chi connectivity index (χ1v) is 10.3. The second-order valence-electron chi connectivity index (χ2n) is 7.63. The molecule has 0 saturated carbocycles. The highest BCUT2D eigenvalue weighted by Gasteiger charge is 2.23. The molecule has 0 bridgehead atoms. The monoisotopic (exact) mass is 384 g/mol. The fourth-order valence-corrected chi connectivity index (χ4v) is 4.24. The zero-order valence-electron chi connectivity index (χ0n) is 16.1. The third-order valence-corrected chi connectivity index (χ3v) is 6.17. The van der Waals surface area contributed by atoms with Gasteiger partial charge in [0, 0.05) is 63.9 Å². The van der Waals surface area contributed by atoms with Gasteiger partial charge >= 0.3 is 0 Å². The highest BCUT2D eigenvalue weighted by Crippen LogP contribution is 2.34. The number of nitrogens with zero attached hydrogens (tertiary/aromatic N) is 4. The lowest BCUT2D eigenvalue weighted by Gasteiger charge is -2.40. The normalized spacial score (nSPS) is 18.6. The summed E-state index contributed by atoms with van der Waals surface area (Å²) >= 11 is 6.40. The maximum atomic E-state index is 6.40. The summed E-state index contributed by atoms with van der Waals surface area (Å²) in [6.45, 7) is 9.94. The zero-order valence-corrected chi connectivity index (χ0v) is 16.9. The molecule has 0 amide bonds. The van der Waals surface area contributed by atoms with Crippen molar-refractivity contribution in [2.45, 2.75) is 6.54 Å². The van der Waals surface area contributed by atoms with Crippen LogP contribution in [0.25, 0.3) is 0 Å². The molecule has 1 fully saturated rings. The average molecular weight is 385 g/mol. The van der Waals surface area contributed by atoms with Crippen molar-refractivity contribution in [2.24, 2.45) is 0 Å². The number of para-hydroxylation sites is 2. The maximum absolute atomic E-state index is 6.40. The van der Waals surface area contributed by atoms with Gasteiger partial charge in [0.15, 0.2) is 0 Å². The zero-order chi connectivity index (χ0) is 18.6. The first-order chi connectivity index (χ1) is 13.2. The van der Waals surface area contributed by atoms with E-state index < -0.39 is 0 Å². The molecular weight excluding hydrogens is 356 g/mol. The van der Waals surface area contributed by atoms with E-state index in [1.54, 1.807) is 0 Å². The fourth-order valence-electron chi connectivity index (χ4n) is 4.04. The van der Waals surface area contributed by atoms with E-state index in [-0.39, 0.29) is 0 Å². The predicted octanol–water partition coefficient (Wildman–Crippen LogP) is 3.41. The molecule has 4 rings (SSSR count). The Morgan fingerprint density at radius 1 is 0.741 bits per heavy atom. The van der Waals surface area contributed by atoms with Crippen LogP contribution in [0.4, 0.5) is 11.4 Å². The molecule has 2 aliphatic rings. The van der Waals surface area contributed by atoms with Crippen molar-refractivity contribution >= 4 is 23.0 Å². The third kappa shape index (κ3) is 4.40. The first kappa shape index (κ1) is 18.6. The first-order valence-electron chi connectivity index (χ1n) is 9.94. The van der Waals surface area contributed by atoms with Crippen LogP contribution >= 0.6 is 11.6 Å². The summed E-state index contributed by atoms with van der Waals surface area (Å²) in [5.74, 6) is 0. The summed E-state index contributed by atoms with van der Waals surface area (Å²) < 4.78 is 0. The Morgan fingerprint density at radius 2 is 1.37 bits per heavy atom. The lowest BCUT2D eigenvalue weighted by molar-refractivity contribution is 0.157. The lowest BCUT2D eigenvalue weighted by atomic mass is 10.1. The highest BCUT2D eigenvalue weighted by molar-refractivity contribution is 6.31. The Bertz CT molecular complexity index is 757. The summed E-state index contributed by atoms with van der Waals surface area (Å²) in [6.07, 6.45) is 0. The van der Waals surface area contributed by atoms with Gasteiger partial charge in [0.05, 0.1) is 11.4 Å².